The molecule has 8 heteroatoms. The third-order valence-corrected chi connectivity index (χ3v) is 4.15. The highest BCUT2D eigenvalue weighted by Gasteiger charge is 2.48. The molecule has 1 heterocycles. The van der Waals surface area contributed by atoms with Crippen molar-refractivity contribution in [3.63, 3.8) is 0 Å². The lowest BCUT2D eigenvalue weighted by Gasteiger charge is -2.41. The molecular formula is C16H21F4NO3. The Labute approximate surface area is 137 Å². The summed E-state index contributed by atoms with van der Waals surface area (Å²) in [7, 11) is 1.28. The van der Waals surface area contributed by atoms with E-state index in [2.05, 4.69) is 5.32 Å². The van der Waals surface area contributed by atoms with Crippen LogP contribution in [0.4, 0.5) is 17.6 Å². The van der Waals surface area contributed by atoms with Crippen LogP contribution < -0.4 is 10.1 Å². The van der Waals surface area contributed by atoms with Crippen LogP contribution in [0.5, 0.6) is 5.75 Å². The van der Waals surface area contributed by atoms with Crippen molar-refractivity contribution in [2.24, 2.45) is 0 Å². The van der Waals surface area contributed by atoms with E-state index in [4.69, 9.17) is 9.47 Å². The predicted octanol–water partition coefficient (Wildman–Crippen LogP) is 2.61. The van der Waals surface area contributed by atoms with Crippen molar-refractivity contribution in [3.8, 4) is 5.75 Å². The van der Waals surface area contributed by atoms with E-state index in [1.54, 1.807) is 0 Å². The van der Waals surface area contributed by atoms with Crippen molar-refractivity contribution in [1.82, 2.24) is 5.32 Å². The van der Waals surface area contributed by atoms with Crippen molar-refractivity contribution in [2.75, 3.05) is 26.8 Å². The van der Waals surface area contributed by atoms with Crippen LogP contribution in [0.15, 0.2) is 18.2 Å². The normalized spacial score (nSPS) is 22.2. The summed E-state index contributed by atoms with van der Waals surface area (Å²) in [5, 5.41) is 13.8. The van der Waals surface area contributed by atoms with Crippen LogP contribution in [0, 0.1) is 5.82 Å². The van der Waals surface area contributed by atoms with E-state index >= 15 is 4.39 Å². The molecule has 3 atom stereocenters. The minimum absolute atomic E-state index is 0.0307. The number of alkyl halides is 3. The second-order valence-corrected chi connectivity index (χ2v) is 5.73. The van der Waals surface area contributed by atoms with Crippen LogP contribution in [0.25, 0.3) is 0 Å². The summed E-state index contributed by atoms with van der Waals surface area (Å²) >= 11 is 0. The Kier molecular flexibility index (Phi) is 6.42. The summed E-state index contributed by atoms with van der Waals surface area (Å²) in [6, 6.07) is 3.21. The molecule has 1 aromatic rings. The molecule has 1 saturated heterocycles. The zero-order chi connectivity index (χ0) is 17.7. The molecule has 1 aromatic carbocycles. The summed E-state index contributed by atoms with van der Waals surface area (Å²) in [6.07, 6.45) is -7.11. The van der Waals surface area contributed by atoms with Crippen molar-refractivity contribution in [1.29, 1.82) is 0 Å². The fourth-order valence-electron chi connectivity index (χ4n) is 2.85. The number of ether oxygens (including phenoxy) is 2. The topological polar surface area (TPSA) is 50.7 Å². The van der Waals surface area contributed by atoms with Gasteiger partial charge in [-0.05, 0) is 24.6 Å². The van der Waals surface area contributed by atoms with Crippen molar-refractivity contribution >= 4 is 0 Å². The van der Waals surface area contributed by atoms with Crippen LogP contribution >= 0.6 is 0 Å². The van der Waals surface area contributed by atoms with Gasteiger partial charge in [-0.1, -0.05) is 0 Å². The lowest BCUT2D eigenvalue weighted by molar-refractivity contribution is -0.163. The fourth-order valence-corrected chi connectivity index (χ4v) is 2.85. The molecule has 24 heavy (non-hydrogen) atoms. The smallest absolute Gasteiger partial charge is 0.238 e. The Morgan fingerprint density at radius 3 is 2.75 bits per heavy atom. The Bertz CT molecular complexity index is 540. The van der Waals surface area contributed by atoms with Gasteiger partial charge < -0.3 is 19.9 Å². The average Bonchev–Trinajstić information content (AvgIpc) is 2.59. The predicted molar refractivity (Wildman–Crippen MR) is 79.6 cm³/mol. The molecule has 1 aliphatic heterocycles. The Morgan fingerprint density at radius 2 is 2.17 bits per heavy atom. The zero-order valence-electron chi connectivity index (χ0n) is 13.3. The maximum atomic E-state index is 15.2. The number of hydrogen-bond acceptors (Lipinski definition) is 4. The molecule has 136 valence electrons. The van der Waals surface area contributed by atoms with Crippen molar-refractivity contribution < 1.29 is 32.1 Å². The van der Waals surface area contributed by atoms with Gasteiger partial charge in [-0.2, -0.15) is 0 Å². The summed E-state index contributed by atoms with van der Waals surface area (Å²) in [6.45, 7) is 0.841. The highest BCUT2D eigenvalue weighted by atomic mass is 19.3. The van der Waals surface area contributed by atoms with Gasteiger partial charge in [0.25, 0.3) is 0 Å². The molecule has 0 radical (unpaired) electrons. The zero-order valence-corrected chi connectivity index (χ0v) is 13.3. The van der Waals surface area contributed by atoms with E-state index in [0.29, 0.717) is 6.54 Å². The first-order valence-corrected chi connectivity index (χ1v) is 7.69. The third-order valence-electron chi connectivity index (χ3n) is 4.15. The fraction of sp³-hybridized carbons (Fsp3) is 0.625. The number of nitrogens with one attached hydrogen (secondary N) is 1. The highest BCUT2D eigenvalue weighted by Crippen LogP contribution is 2.42. The lowest BCUT2D eigenvalue weighted by Crippen LogP contribution is -2.55. The van der Waals surface area contributed by atoms with E-state index < -0.39 is 43.0 Å². The average molecular weight is 351 g/mol. The van der Waals surface area contributed by atoms with Crippen molar-refractivity contribution in [2.45, 2.75) is 37.1 Å². The van der Waals surface area contributed by atoms with Crippen LogP contribution in [0.2, 0.25) is 0 Å². The molecule has 0 amide bonds. The lowest BCUT2D eigenvalue weighted by atomic mass is 9.82. The van der Waals surface area contributed by atoms with Crippen LogP contribution in [-0.2, 0) is 4.74 Å². The Hall–Kier alpha value is -1.38. The minimum Gasteiger partial charge on any atom is -0.496 e. The molecule has 1 fully saturated rings. The molecule has 3 unspecified atom stereocenters. The molecular weight excluding hydrogens is 330 g/mol. The number of morpholine rings is 1. The molecule has 0 saturated carbocycles. The maximum absolute atomic E-state index is 15.2. The van der Waals surface area contributed by atoms with Gasteiger partial charge in [0.1, 0.15) is 23.3 Å². The van der Waals surface area contributed by atoms with Crippen LogP contribution in [0.1, 0.15) is 24.6 Å². The summed E-state index contributed by atoms with van der Waals surface area (Å²) < 4.78 is 64.4. The summed E-state index contributed by atoms with van der Waals surface area (Å²) in [5.74, 6) is -0.685. The van der Waals surface area contributed by atoms with Gasteiger partial charge in [0.2, 0.25) is 6.43 Å². The number of halogens is 4. The monoisotopic (exact) mass is 351 g/mol. The minimum atomic E-state index is -2.70. The first-order chi connectivity index (χ1) is 11.4. The largest absolute Gasteiger partial charge is 0.496 e. The van der Waals surface area contributed by atoms with Gasteiger partial charge in [-0.15, -0.1) is 0 Å². The quantitative estimate of drug-likeness (QED) is 0.742. The molecule has 0 bridgehead atoms. The van der Waals surface area contributed by atoms with Gasteiger partial charge >= 0.3 is 0 Å². The Balaban J connectivity index is 2.36. The number of hydrogen-bond donors (Lipinski definition) is 2. The van der Waals surface area contributed by atoms with Gasteiger partial charge in [0.15, 0.2) is 6.17 Å². The van der Waals surface area contributed by atoms with E-state index in [9.17, 15) is 18.3 Å². The molecule has 0 aromatic heterocycles. The number of benzene rings is 1. The van der Waals surface area contributed by atoms with E-state index in [0.717, 1.165) is 12.1 Å². The molecule has 0 aliphatic carbocycles. The second-order valence-electron chi connectivity index (χ2n) is 5.73. The van der Waals surface area contributed by atoms with Crippen molar-refractivity contribution in [3.05, 3.63) is 29.6 Å². The van der Waals surface area contributed by atoms with Gasteiger partial charge in [0.05, 0.1) is 13.7 Å². The molecule has 0 spiro atoms. The number of rotatable bonds is 7. The summed E-state index contributed by atoms with van der Waals surface area (Å²) in [4.78, 5) is 0. The molecule has 2 rings (SSSR count). The van der Waals surface area contributed by atoms with Gasteiger partial charge in [0, 0.05) is 25.1 Å². The molecule has 4 nitrogen and oxygen atoms in total. The van der Waals surface area contributed by atoms with Gasteiger partial charge in [-0.3, -0.25) is 0 Å². The SMILES string of the molecule is COc1ccc(F)cc1C(F)C(O)(CCC(F)F)C1CNCCO1. The standard InChI is InChI=1S/C16H21F4NO3/c1-23-12-3-2-10(17)8-11(12)15(20)16(22,5-4-14(18)19)13-9-21-6-7-24-13/h2-3,8,13-15,21-22H,4-7,9H2,1H3. The van der Waals surface area contributed by atoms with E-state index in [-0.39, 0.29) is 24.5 Å². The van der Waals surface area contributed by atoms with E-state index in [1.807, 2.05) is 0 Å². The van der Waals surface area contributed by atoms with Gasteiger partial charge in [-0.25, -0.2) is 17.6 Å². The number of methoxy groups -OCH3 is 1. The molecule has 2 N–H and O–H groups in total. The molecule has 1 aliphatic rings. The highest BCUT2D eigenvalue weighted by molar-refractivity contribution is 5.37. The maximum Gasteiger partial charge on any atom is 0.238 e. The third kappa shape index (κ3) is 4.17. The number of aliphatic hydroxyl groups is 1. The second kappa shape index (κ2) is 8.13. The van der Waals surface area contributed by atoms with E-state index in [1.165, 1.54) is 13.2 Å². The first-order valence-electron chi connectivity index (χ1n) is 7.69. The summed E-state index contributed by atoms with van der Waals surface area (Å²) in [5.41, 5.74) is -2.46. The Morgan fingerprint density at radius 1 is 1.42 bits per heavy atom. The van der Waals surface area contributed by atoms with Crippen LogP contribution in [-0.4, -0.2) is 50.0 Å². The first kappa shape index (κ1) is 19.0. The van der Waals surface area contributed by atoms with Crippen LogP contribution in [0.3, 0.4) is 0 Å².